The van der Waals surface area contributed by atoms with Crippen LogP contribution in [0.4, 0.5) is 0 Å². The molecule has 0 spiro atoms. The van der Waals surface area contributed by atoms with E-state index in [1.165, 1.54) is 32.1 Å². The van der Waals surface area contributed by atoms with Gasteiger partial charge in [-0.25, -0.2) is 0 Å². The maximum atomic E-state index is 5.79. The number of rotatable bonds is 7. The lowest BCUT2D eigenvalue weighted by molar-refractivity contribution is -0.00861. The second-order valence-electron chi connectivity index (χ2n) is 4.93. The average Bonchev–Trinajstić information content (AvgIpc) is 2.30. The van der Waals surface area contributed by atoms with E-state index in [2.05, 4.69) is 24.2 Å². The van der Waals surface area contributed by atoms with E-state index in [9.17, 15) is 0 Å². The molecular formula is C13H28N2O. The molecule has 1 aliphatic heterocycles. The molecule has 0 radical (unpaired) electrons. The first-order valence-corrected chi connectivity index (χ1v) is 6.74. The third-order valence-electron chi connectivity index (χ3n) is 3.45. The molecule has 1 fully saturated rings. The third kappa shape index (κ3) is 4.81. The van der Waals surface area contributed by atoms with Gasteiger partial charge >= 0.3 is 0 Å². The van der Waals surface area contributed by atoms with Crippen LogP contribution in [-0.4, -0.2) is 50.8 Å². The molecule has 1 N–H and O–H groups in total. The van der Waals surface area contributed by atoms with Gasteiger partial charge in [0.15, 0.2) is 0 Å². The summed E-state index contributed by atoms with van der Waals surface area (Å²) in [6.07, 6.45) is 6.81. The van der Waals surface area contributed by atoms with Crippen LogP contribution in [0.25, 0.3) is 0 Å². The standard InChI is InChI=1S/C13H28N2O/c1-4-7-12(10-14-2)15(3)11-13-8-5-6-9-16-13/h12-14H,4-11H2,1-3H3. The van der Waals surface area contributed by atoms with E-state index in [0.717, 1.165) is 19.7 Å². The number of hydrogen-bond donors (Lipinski definition) is 1. The quantitative estimate of drug-likeness (QED) is 0.720. The minimum Gasteiger partial charge on any atom is -0.377 e. The number of hydrogen-bond acceptors (Lipinski definition) is 3. The molecule has 1 heterocycles. The Kier molecular flexibility index (Phi) is 7.01. The molecule has 3 heteroatoms. The Balaban J connectivity index is 2.31. The molecule has 2 unspecified atom stereocenters. The van der Waals surface area contributed by atoms with Crippen molar-refractivity contribution in [3.05, 3.63) is 0 Å². The molecule has 0 aromatic carbocycles. The Morgan fingerprint density at radius 2 is 2.25 bits per heavy atom. The molecule has 1 saturated heterocycles. The molecule has 0 aliphatic carbocycles. The normalized spacial score (nSPS) is 23.6. The molecule has 96 valence electrons. The summed E-state index contributed by atoms with van der Waals surface area (Å²) in [5.74, 6) is 0. The first-order valence-electron chi connectivity index (χ1n) is 6.74. The fourth-order valence-electron chi connectivity index (χ4n) is 2.47. The lowest BCUT2D eigenvalue weighted by Gasteiger charge is -2.32. The molecule has 0 aromatic rings. The van der Waals surface area contributed by atoms with Gasteiger partial charge < -0.3 is 10.1 Å². The van der Waals surface area contributed by atoms with E-state index in [0.29, 0.717) is 12.1 Å². The Hall–Kier alpha value is -0.120. The van der Waals surface area contributed by atoms with Gasteiger partial charge in [-0.05, 0) is 39.8 Å². The Morgan fingerprint density at radius 1 is 1.44 bits per heavy atom. The van der Waals surface area contributed by atoms with Crippen molar-refractivity contribution in [1.82, 2.24) is 10.2 Å². The highest BCUT2D eigenvalue weighted by Gasteiger charge is 2.20. The SMILES string of the molecule is CCCC(CNC)N(C)CC1CCCCO1. The number of ether oxygens (including phenoxy) is 1. The molecule has 0 amide bonds. The van der Waals surface area contributed by atoms with Gasteiger partial charge in [0.2, 0.25) is 0 Å². The molecule has 16 heavy (non-hydrogen) atoms. The van der Waals surface area contributed by atoms with Crippen molar-refractivity contribution in [2.45, 2.75) is 51.2 Å². The monoisotopic (exact) mass is 228 g/mol. The van der Waals surface area contributed by atoms with Crippen molar-refractivity contribution in [1.29, 1.82) is 0 Å². The van der Waals surface area contributed by atoms with E-state index in [4.69, 9.17) is 4.74 Å². The van der Waals surface area contributed by atoms with E-state index < -0.39 is 0 Å². The highest BCUT2D eigenvalue weighted by Crippen LogP contribution is 2.15. The summed E-state index contributed by atoms with van der Waals surface area (Å²) < 4.78 is 5.79. The van der Waals surface area contributed by atoms with Gasteiger partial charge in [-0.3, -0.25) is 4.90 Å². The van der Waals surface area contributed by atoms with Crippen molar-refractivity contribution in [2.24, 2.45) is 0 Å². The smallest absolute Gasteiger partial charge is 0.0702 e. The average molecular weight is 228 g/mol. The van der Waals surface area contributed by atoms with Gasteiger partial charge in [-0.1, -0.05) is 13.3 Å². The first kappa shape index (κ1) is 13.9. The Bertz CT molecular complexity index is 163. The van der Waals surface area contributed by atoms with Crippen molar-refractivity contribution >= 4 is 0 Å². The molecule has 1 aliphatic rings. The molecule has 1 rings (SSSR count). The lowest BCUT2D eigenvalue weighted by atomic mass is 10.1. The molecule has 3 nitrogen and oxygen atoms in total. The van der Waals surface area contributed by atoms with Crippen molar-refractivity contribution < 1.29 is 4.74 Å². The summed E-state index contributed by atoms with van der Waals surface area (Å²) in [6, 6.07) is 0.653. The van der Waals surface area contributed by atoms with Crippen LogP contribution in [0.5, 0.6) is 0 Å². The van der Waals surface area contributed by atoms with Crippen molar-refractivity contribution in [3.8, 4) is 0 Å². The van der Waals surface area contributed by atoms with E-state index in [-0.39, 0.29) is 0 Å². The highest BCUT2D eigenvalue weighted by atomic mass is 16.5. The zero-order valence-corrected chi connectivity index (χ0v) is 11.2. The maximum Gasteiger partial charge on any atom is 0.0702 e. The van der Waals surface area contributed by atoms with Crippen molar-refractivity contribution in [2.75, 3.05) is 33.8 Å². The van der Waals surface area contributed by atoms with Gasteiger partial charge in [0, 0.05) is 25.7 Å². The van der Waals surface area contributed by atoms with Crippen LogP contribution < -0.4 is 5.32 Å². The second kappa shape index (κ2) is 8.04. The highest BCUT2D eigenvalue weighted by molar-refractivity contribution is 4.75. The first-order chi connectivity index (χ1) is 7.77. The Labute approximate surface area is 101 Å². The summed E-state index contributed by atoms with van der Waals surface area (Å²) >= 11 is 0. The summed E-state index contributed by atoms with van der Waals surface area (Å²) in [7, 11) is 4.27. The van der Waals surface area contributed by atoms with E-state index in [1.807, 2.05) is 7.05 Å². The Morgan fingerprint density at radius 3 is 2.81 bits per heavy atom. The fraction of sp³-hybridized carbons (Fsp3) is 1.00. The predicted molar refractivity (Wildman–Crippen MR) is 68.8 cm³/mol. The van der Waals surface area contributed by atoms with Crippen molar-refractivity contribution in [3.63, 3.8) is 0 Å². The molecule has 0 saturated carbocycles. The van der Waals surface area contributed by atoms with Gasteiger partial charge in [0.05, 0.1) is 6.10 Å². The molecule has 2 atom stereocenters. The number of nitrogens with zero attached hydrogens (tertiary/aromatic N) is 1. The minimum atomic E-state index is 0.468. The number of likely N-dealkylation sites (N-methyl/N-ethyl adjacent to an activating group) is 2. The zero-order chi connectivity index (χ0) is 11.8. The number of nitrogens with one attached hydrogen (secondary N) is 1. The van der Waals surface area contributed by atoms with Gasteiger partial charge in [-0.2, -0.15) is 0 Å². The summed E-state index contributed by atoms with van der Waals surface area (Å²) in [4.78, 5) is 2.47. The maximum absolute atomic E-state index is 5.79. The lowest BCUT2D eigenvalue weighted by Crippen LogP contribution is -2.43. The minimum absolute atomic E-state index is 0.468. The van der Waals surface area contributed by atoms with Crippen LogP contribution >= 0.6 is 0 Å². The van der Waals surface area contributed by atoms with Gasteiger partial charge in [0.25, 0.3) is 0 Å². The van der Waals surface area contributed by atoms with E-state index >= 15 is 0 Å². The van der Waals surface area contributed by atoms with Crippen LogP contribution in [-0.2, 0) is 4.74 Å². The largest absolute Gasteiger partial charge is 0.377 e. The van der Waals surface area contributed by atoms with Crippen LogP contribution in [0.15, 0.2) is 0 Å². The van der Waals surface area contributed by atoms with Crippen LogP contribution in [0, 0.1) is 0 Å². The van der Waals surface area contributed by atoms with Gasteiger partial charge in [0.1, 0.15) is 0 Å². The summed E-state index contributed by atoms with van der Waals surface area (Å²) in [5, 5.41) is 3.29. The van der Waals surface area contributed by atoms with Crippen LogP contribution in [0.3, 0.4) is 0 Å². The molecule has 0 bridgehead atoms. The molecular weight excluding hydrogens is 200 g/mol. The van der Waals surface area contributed by atoms with Crippen LogP contribution in [0.1, 0.15) is 39.0 Å². The van der Waals surface area contributed by atoms with E-state index in [1.54, 1.807) is 0 Å². The van der Waals surface area contributed by atoms with Crippen LogP contribution in [0.2, 0.25) is 0 Å². The molecule has 0 aromatic heterocycles. The third-order valence-corrected chi connectivity index (χ3v) is 3.45. The zero-order valence-electron chi connectivity index (χ0n) is 11.2. The fourth-order valence-corrected chi connectivity index (χ4v) is 2.47. The summed E-state index contributed by atoms with van der Waals surface area (Å²) in [5.41, 5.74) is 0. The summed E-state index contributed by atoms with van der Waals surface area (Å²) in [6.45, 7) is 5.39. The second-order valence-corrected chi connectivity index (χ2v) is 4.93. The van der Waals surface area contributed by atoms with Gasteiger partial charge in [-0.15, -0.1) is 0 Å². The topological polar surface area (TPSA) is 24.5 Å². The predicted octanol–water partition coefficient (Wildman–Crippen LogP) is 1.88.